The molecule has 0 unspecified atom stereocenters. The van der Waals surface area contributed by atoms with Crippen LogP contribution in [0.15, 0.2) is 63.3 Å². The standard InChI is InChI=1S/C14H12N2OS/c15-9-11-5-1-3-7-13(11)18-14-8-4-2-6-12(14)16-10-17/h1-8H,9,15H2. The molecule has 3 nitrogen and oxygen atoms in total. The summed E-state index contributed by atoms with van der Waals surface area (Å²) in [6, 6.07) is 15.4. The van der Waals surface area contributed by atoms with Crippen LogP contribution in [0.4, 0.5) is 5.69 Å². The number of carbonyl (C=O) groups excluding carboxylic acids is 1. The van der Waals surface area contributed by atoms with Gasteiger partial charge >= 0.3 is 0 Å². The third-order valence-electron chi connectivity index (χ3n) is 2.44. The SMILES string of the molecule is NCc1ccccc1Sc1ccccc1N=C=O. The van der Waals surface area contributed by atoms with Crippen LogP contribution in [0.3, 0.4) is 0 Å². The molecule has 2 rings (SSSR count). The zero-order valence-corrected chi connectivity index (χ0v) is 10.5. The highest BCUT2D eigenvalue weighted by Crippen LogP contribution is 2.36. The molecule has 0 saturated carbocycles. The molecule has 90 valence electrons. The van der Waals surface area contributed by atoms with E-state index in [0.29, 0.717) is 12.2 Å². The summed E-state index contributed by atoms with van der Waals surface area (Å²) in [5.74, 6) is 0. The summed E-state index contributed by atoms with van der Waals surface area (Å²) in [6.45, 7) is 0.488. The molecule has 0 aliphatic heterocycles. The van der Waals surface area contributed by atoms with Crippen molar-refractivity contribution in [2.75, 3.05) is 0 Å². The molecule has 2 N–H and O–H groups in total. The van der Waals surface area contributed by atoms with Gasteiger partial charge in [-0.25, -0.2) is 4.79 Å². The molecule has 0 atom stereocenters. The largest absolute Gasteiger partial charge is 0.326 e. The van der Waals surface area contributed by atoms with E-state index in [1.165, 1.54) is 0 Å². The van der Waals surface area contributed by atoms with Crippen molar-refractivity contribution < 1.29 is 4.79 Å². The minimum atomic E-state index is 0.488. The Labute approximate surface area is 110 Å². The first-order chi connectivity index (χ1) is 8.85. The average molecular weight is 256 g/mol. The van der Waals surface area contributed by atoms with E-state index in [4.69, 9.17) is 5.73 Å². The number of nitrogens with two attached hydrogens (primary N) is 1. The number of hydrogen-bond donors (Lipinski definition) is 1. The zero-order valence-electron chi connectivity index (χ0n) is 9.67. The second kappa shape index (κ2) is 6.17. The predicted molar refractivity (Wildman–Crippen MR) is 72.7 cm³/mol. The minimum absolute atomic E-state index is 0.488. The van der Waals surface area contributed by atoms with E-state index in [1.807, 2.05) is 42.5 Å². The summed E-state index contributed by atoms with van der Waals surface area (Å²) < 4.78 is 0. The van der Waals surface area contributed by atoms with Gasteiger partial charge in [-0.15, -0.1) is 0 Å². The van der Waals surface area contributed by atoms with E-state index < -0.39 is 0 Å². The van der Waals surface area contributed by atoms with E-state index in [-0.39, 0.29) is 0 Å². The van der Waals surface area contributed by atoms with Crippen molar-refractivity contribution >= 4 is 23.5 Å². The van der Waals surface area contributed by atoms with Crippen LogP contribution in [0, 0.1) is 0 Å². The summed E-state index contributed by atoms with van der Waals surface area (Å²) in [7, 11) is 0. The number of aliphatic imine (C=N–C) groups is 1. The second-order valence-corrected chi connectivity index (χ2v) is 4.67. The van der Waals surface area contributed by atoms with E-state index in [9.17, 15) is 4.79 Å². The number of isocyanates is 1. The number of rotatable bonds is 4. The molecular weight excluding hydrogens is 244 g/mol. The van der Waals surface area contributed by atoms with Gasteiger partial charge in [-0.2, -0.15) is 4.99 Å². The Hall–Kier alpha value is -1.87. The Morgan fingerprint density at radius 3 is 2.44 bits per heavy atom. The molecule has 0 radical (unpaired) electrons. The number of hydrogen-bond acceptors (Lipinski definition) is 4. The summed E-state index contributed by atoms with van der Waals surface area (Å²) in [4.78, 5) is 16.1. The molecule has 0 amide bonds. The smallest absolute Gasteiger partial charge is 0.240 e. The third-order valence-corrected chi connectivity index (χ3v) is 3.63. The Morgan fingerprint density at radius 2 is 1.72 bits per heavy atom. The van der Waals surface area contributed by atoms with Gasteiger partial charge in [0.15, 0.2) is 0 Å². The van der Waals surface area contributed by atoms with Crippen molar-refractivity contribution in [3.63, 3.8) is 0 Å². The van der Waals surface area contributed by atoms with Crippen molar-refractivity contribution in [3.8, 4) is 0 Å². The molecule has 0 aliphatic rings. The van der Waals surface area contributed by atoms with Crippen molar-refractivity contribution in [1.82, 2.24) is 0 Å². The average Bonchev–Trinajstić information content (AvgIpc) is 2.42. The van der Waals surface area contributed by atoms with Crippen LogP contribution in [0.2, 0.25) is 0 Å². The summed E-state index contributed by atoms with van der Waals surface area (Å²) in [5.41, 5.74) is 7.41. The third kappa shape index (κ3) is 2.87. The molecule has 0 spiro atoms. The van der Waals surface area contributed by atoms with Crippen molar-refractivity contribution in [3.05, 3.63) is 54.1 Å². The quantitative estimate of drug-likeness (QED) is 0.674. The molecule has 0 heterocycles. The van der Waals surface area contributed by atoms with Gasteiger partial charge in [0, 0.05) is 16.3 Å². The lowest BCUT2D eigenvalue weighted by molar-refractivity contribution is 0.565. The number of benzene rings is 2. The van der Waals surface area contributed by atoms with Crippen LogP contribution < -0.4 is 5.73 Å². The highest BCUT2D eigenvalue weighted by atomic mass is 32.2. The maximum atomic E-state index is 10.4. The van der Waals surface area contributed by atoms with E-state index in [1.54, 1.807) is 23.9 Å². The fourth-order valence-corrected chi connectivity index (χ4v) is 2.61. The van der Waals surface area contributed by atoms with E-state index in [0.717, 1.165) is 15.4 Å². The van der Waals surface area contributed by atoms with E-state index in [2.05, 4.69) is 4.99 Å². The van der Waals surface area contributed by atoms with Crippen molar-refractivity contribution in [2.24, 2.45) is 10.7 Å². The number of para-hydroxylation sites is 1. The monoisotopic (exact) mass is 256 g/mol. The van der Waals surface area contributed by atoms with Crippen molar-refractivity contribution in [2.45, 2.75) is 16.3 Å². The number of nitrogens with zero attached hydrogens (tertiary/aromatic N) is 1. The molecule has 0 aliphatic carbocycles. The Bertz CT molecular complexity index is 592. The highest BCUT2D eigenvalue weighted by Gasteiger charge is 2.06. The molecule has 18 heavy (non-hydrogen) atoms. The normalized spacial score (nSPS) is 9.83. The predicted octanol–water partition coefficient (Wildman–Crippen LogP) is 3.26. The summed E-state index contributed by atoms with van der Waals surface area (Å²) in [6.07, 6.45) is 1.58. The van der Waals surface area contributed by atoms with Gasteiger partial charge in [-0.1, -0.05) is 42.1 Å². The second-order valence-electron chi connectivity index (χ2n) is 3.58. The lowest BCUT2D eigenvalue weighted by atomic mass is 10.2. The topological polar surface area (TPSA) is 55.4 Å². The van der Waals surface area contributed by atoms with Gasteiger partial charge in [0.25, 0.3) is 0 Å². The molecule has 2 aromatic carbocycles. The van der Waals surface area contributed by atoms with Crippen LogP contribution >= 0.6 is 11.8 Å². The summed E-state index contributed by atoms with van der Waals surface area (Å²) in [5, 5.41) is 0. The van der Waals surface area contributed by atoms with Gasteiger partial charge in [-0.3, -0.25) is 0 Å². The Balaban J connectivity index is 2.36. The van der Waals surface area contributed by atoms with Crippen LogP contribution in [-0.4, -0.2) is 6.08 Å². The molecule has 4 heteroatoms. The van der Waals surface area contributed by atoms with Crippen LogP contribution in [-0.2, 0) is 11.3 Å². The molecule has 0 aromatic heterocycles. The fourth-order valence-electron chi connectivity index (χ4n) is 1.58. The van der Waals surface area contributed by atoms with E-state index >= 15 is 0 Å². The van der Waals surface area contributed by atoms with Crippen LogP contribution in [0.1, 0.15) is 5.56 Å². The molecule has 2 aromatic rings. The molecule has 0 bridgehead atoms. The maximum absolute atomic E-state index is 10.4. The van der Waals surface area contributed by atoms with Gasteiger partial charge in [0.2, 0.25) is 6.08 Å². The summed E-state index contributed by atoms with van der Waals surface area (Å²) >= 11 is 1.55. The fraction of sp³-hybridized carbons (Fsp3) is 0.0714. The van der Waals surface area contributed by atoms with Gasteiger partial charge in [0.1, 0.15) is 0 Å². The lowest BCUT2D eigenvalue weighted by Crippen LogP contribution is -1.97. The lowest BCUT2D eigenvalue weighted by Gasteiger charge is -2.08. The van der Waals surface area contributed by atoms with Crippen LogP contribution in [0.5, 0.6) is 0 Å². The molecular formula is C14H12N2OS. The van der Waals surface area contributed by atoms with Gasteiger partial charge in [0.05, 0.1) is 5.69 Å². The Morgan fingerprint density at radius 1 is 1.06 bits per heavy atom. The maximum Gasteiger partial charge on any atom is 0.240 e. The van der Waals surface area contributed by atoms with Crippen LogP contribution in [0.25, 0.3) is 0 Å². The minimum Gasteiger partial charge on any atom is -0.326 e. The Kier molecular flexibility index (Phi) is 4.31. The van der Waals surface area contributed by atoms with Crippen molar-refractivity contribution in [1.29, 1.82) is 0 Å². The van der Waals surface area contributed by atoms with Gasteiger partial charge in [-0.05, 0) is 23.8 Å². The first kappa shape index (κ1) is 12.6. The first-order valence-electron chi connectivity index (χ1n) is 5.48. The molecule has 0 fully saturated rings. The highest BCUT2D eigenvalue weighted by molar-refractivity contribution is 7.99. The molecule has 0 saturated heterocycles. The first-order valence-corrected chi connectivity index (χ1v) is 6.29. The van der Waals surface area contributed by atoms with Gasteiger partial charge < -0.3 is 5.73 Å². The zero-order chi connectivity index (χ0) is 12.8.